The summed E-state index contributed by atoms with van der Waals surface area (Å²) in [4.78, 5) is 22.3. The normalized spacial score (nSPS) is 18.6. The molecule has 10 nitrogen and oxygen atoms in total. The zero-order valence-electron chi connectivity index (χ0n) is 23.9. The van der Waals surface area contributed by atoms with Gasteiger partial charge < -0.3 is 19.3 Å². The number of rotatable bonds is 7. The number of piperazine rings is 1. The van der Waals surface area contributed by atoms with E-state index in [2.05, 4.69) is 22.8 Å². The highest BCUT2D eigenvalue weighted by Gasteiger charge is 2.43. The van der Waals surface area contributed by atoms with Gasteiger partial charge in [0, 0.05) is 44.0 Å². The number of fused-ring (bicyclic) bond motifs is 2. The van der Waals surface area contributed by atoms with Gasteiger partial charge >= 0.3 is 0 Å². The quantitative estimate of drug-likeness (QED) is 0.312. The summed E-state index contributed by atoms with van der Waals surface area (Å²) in [6.07, 6.45) is 2.65. The number of aromatic amines is 1. The number of H-pyrrole nitrogens is 1. The van der Waals surface area contributed by atoms with Gasteiger partial charge in [-0.3, -0.25) is 14.8 Å². The molecule has 0 spiro atoms. The Bertz CT molecular complexity index is 1760. The van der Waals surface area contributed by atoms with Crippen LogP contribution in [0.1, 0.15) is 17.5 Å². The number of alkyl halides is 2. The van der Waals surface area contributed by atoms with E-state index in [0.29, 0.717) is 54.3 Å². The fraction of sp³-hybridized carbons (Fsp3) is 0.355. The topological polar surface area (TPSA) is 111 Å². The van der Waals surface area contributed by atoms with Crippen LogP contribution in [-0.4, -0.2) is 89.2 Å². The van der Waals surface area contributed by atoms with Crippen molar-refractivity contribution in [2.24, 2.45) is 0 Å². The third kappa shape index (κ3) is 5.32. The van der Waals surface area contributed by atoms with Crippen LogP contribution in [0.2, 0.25) is 0 Å². The Balaban J connectivity index is 1.44. The maximum atomic E-state index is 14.1. The molecule has 43 heavy (non-hydrogen) atoms. The van der Waals surface area contributed by atoms with Crippen molar-refractivity contribution >= 4 is 33.4 Å². The number of nitriles is 1. The molecular formula is C31H31F2N7O3. The highest BCUT2D eigenvalue weighted by molar-refractivity contribution is 5.99. The first-order valence-electron chi connectivity index (χ1n) is 14.0. The summed E-state index contributed by atoms with van der Waals surface area (Å²) in [5.74, 6) is -1.86. The summed E-state index contributed by atoms with van der Waals surface area (Å²) >= 11 is 0. The molecule has 0 radical (unpaired) electrons. The molecule has 0 unspecified atom stereocenters. The second-order valence-electron chi connectivity index (χ2n) is 11.0. The number of carbonyl (C=O) groups excluding carboxylic acids is 1. The molecule has 2 aliphatic heterocycles. The standard InChI is InChI=1S/C31H31F2N7O3/c1-4-26(41)39-10-12-40(13-11-39)28-21-6-5-7-25(43-29-19(2)8-9-24-23(29)16-35-37-24)27(21)36-30(22(28)15-34)42-17-20-14-31(32,33)18-38(20)3/h4-9,16,20H,1,10-14,17-18H2,2-3H3,(H,35,37)/t20-/m0/s1. The number of para-hydroxylation sites is 1. The van der Waals surface area contributed by atoms with Crippen molar-refractivity contribution in [1.29, 1.82) is 5.26 Å². The first-order valence-corrected chi connectivity index (χ1v) is 14.0. The molecule has 0 aliphatic carbocycles. The van der Waals surface area contributed by atoms with Gasteiger partial charge in [-0.2, -0.15) is 10.4 Å². The molecule has 2 aromatic carbocycles. The fourth-order valence-electron chi connectivity index (χ4n) is 5.88. The van der Waals surface area contributed by atoms with Gasteiger partial charge in [-0.15, -0.1) is 0 Å². The van der Waals surface area contributed by atoms with Crippen LogP contribution in [-0.2, 0) is 4.79 Å². The maximum absolute atomic E-state index is 14.1. The van der Waals surface area contributed by atoms with E-state index in [1.807, 2.05) is 36.1 Å². The Hall–Kier alpha value is -4.76. The fourth-order valence-corrected chi connectivity index (χ4v) is 5.88. The lowest BCUT2D eigenvalue weighted by Gasteiger charge is -2.36. The average Bonchev–Trinajstić information content (AvgIpc) is 3.59. The molecule has 0 saturated carbocycles. The molecule has 4 aromatic rings. The lowest BCUT2D eigenvalue weighted by molar-refractivity contribution is -0.126. The predicted molar refractivity (Wildman–Crippen MR) is 158 cm³/mol. The number of likely N-dealkylation sites (N-methyl/N-ethyl adjacent to an activating group) is 1. The van der Waals surface area contributed by atoms with Gasteiger partial charge in [-0.1, -0.05) is 24.8 Å². The van der Waals surface area contributed by atoms with E-state index in [0.717, 1.165) is 16.5 Å². The molecule has 1 atom stereocenters. The van der Waals surface area contributed by atoms with Crippen LogP contribution >= 0.6 is 0 Å². The van der Waals surface area contributed by atoms with Crippen LogP contribution in [0.5, 0.6) is 17.4 Å². The number of anilines is 1. The van der Waals surface area contributed by atoms with Gasteiger partial charge in [0.1, 0.15) is 29.5 Å². The number of pyridine rings is 1. The number of nitrogens with one attached hydrogen (secondary N) is 1. The number of amides is 1. The molecule has 0 bridgehead atoms. The van der Waals surface area contributed by atoms with E-state index in [4.69, 9.17) is 14.5 Å². The average molecular weight is 588 g/mol. The second kappa shape index (κ2) is 11.1. The number of benzene rings is 2. The van der Waals surface area contributed by atoms with Crippen molar-refractivity contribution in [1.82, 2.24) is 25.0 Å². The summed E-state index contributed by atoms with van der Waals surface area (Å²) in [7, 11) is 1.63. The lowest BCUT2D eigenvalue weighted by atomic mass is 10.1. The largest absolute Gasteiger partial charge is 0.475 e. The van der Waals surface area contributed by atoms with Crippen molar-refractivity contribution in [3.05, 3.63) is 60.3 Å². The van der Waals surface area contributed by atoms with E-state index in [9.17, 15) is 18.8 Å². The molecule has 2 saturated heterocycles. The summed E-state index contributed by atoms with van der Waals surface area (Å²) < 4.78 is 40.8. The van der Waals surface area contributed by atoms with Gasteiger partial charge in [-0.05, 0) is 37.7 Å². The summed E-state index contributed by atoms with van der Waals surface area (Å²) in [6.45, 7) is 6.91. The highest BCUT2D eigenvalue weighted by atomic mass is 19.3. The van der Waals surface area contributed by atoms with Gasteiger partial charge in [-0.25, -0.2) is 13.8 Å². The van der Waals surface area contributed by atoms with E-state index in [1.165, 1.54) is 6.08 Å². The first-order chi connectivity index (χ1) is 20.7. The minimum Gasteiger partial charge on any atom is -0.475 e. The number of ether oxygens (including phenoxy) is 2. The Morgan fingerprint density at radius 2 is 2.02 bits per heavy atom. The summed E-state index contributed by atoms with van der Waals surface area (Å²) in [5, 5.41) is 19.0. The zero-order chi connectivity index (χ0) is 30.3. The van der Waals surface area contributed by atoms with Crippen LogP contribution in [0.15, 0.2) is 49.2 Å². The van der Waals surface area contributed by atoms with Crippen molar-refractivity contribution in [3.8, 4) is 23.4 Å². The molecular weight excluding hydrogens is 556 g/mol. The van der Waals surface area contributed by atoms with E-state index >= 15 is 0 Å². The van der Waals surface area contributed by atoms with Crippen LogP contribution in [0.3, 0.4) is 0 Å². The number of aromatic nitrogens is 3. The van der Waals surface area contributed by atoms with E-state index in [-0.39, 0.29) is 36.9 Å². The van der Waals surface area contributed by atoms with Crippen LogP contribution in [0.4, 0.5) is 14.5 Å². The van der Waals surface area contributed by atoms with Gasteiger partial charge in [0.05, 0.1) is 29.3 Å². The van der Waals surface area contributed by atoms with E-state index < -0.39 is 12.0 Å². The van der Waals surface area contributed by atoms with Gasteiger partial charge in [0.2, 0.25) is 11.8 Å². The number of nitrogens with zero attached hydrogens (tertiary/aromatic N) is 6. The van der Waals surface area contributed by atoms with Crippen LogP contribution in [0.25, 0.3) is 21.8 Å². The Morgan fingerprint density at radius 3 is 2.72 bits per heavy atom. The number of aryl methyl sites for hydroxylation is 1. The van der Waals surface area contributed by atoms with Crippen LogP contribution < -0.4 is 14.4 Å². The number of hydrogen-bond acceptors (Lipinski definition) is 8. The van der Waals surface area contributed by atoms with Crippen molar-refractivity contribution in [3.63, 3.8) is 0 Å². The smallest absolute Gasteiger partial charge is 0.262 e. The third-order valence-electron chi connectivity index (χ3n) is 8.15. The molecule has 12 heteroatoms. The van der Waals surface area contributed by atoms with Crippen LogP contribution in [0, 0.1) is 18.3 Å². The predicted octanol–water partition coefficient (Wildman–Crippen LogP) is 4.64. The molecule has 222 valence electrons. The number of halogens is 2. The number of likely N-dealkylation sites (tertiary alicyclic amines) is 1. The summed E-state index contributed by atoms with van der Waals surface area (Å²) in [6, 6.07) is 11.1. The highest BCUT2D eigenvalue weighted by Crippen LogP contribution is 2.42. The molecule has 1 amide bonds. The van der Waals surface area contributed by atoms with Crippen molar-refractivity contribution in [2.75, 3.05) is 51.3 Å². The summed E-state index contributed by atoms with van der Waals surface area (Å²) in [5.41, 5.74) is 2.97. The Morgan fingerprint density at radius 1 is 1.23 bits per heavy atom. The van der Waals surface area contributed by atoms with Gasteiger partial charge in [0.15, 0.2) is 5.75 Å². The molecule has 6 rings (SSSR count). The number of carbonyl (C=O) groups is 1. The molecule has 2 aliphatic rings. The minimum absolute atomic E-state index is 0.0486. The number of hydrogen-bond donors (Lipinski definition) is 1. The SMILES string of the molecule is C=CC(=O)N1CCN(c2c(C#N)c(OC[C@@H]3CC(F)(F)CN3C)nc3c(Oc4c(C)ccc5[nH]ncc45)cccc23)CC1. The Labute approximate surface area is 247 Å². The van der Waals surface area contributed by atoms with Gasteiger partial charge in [0.25, 0.3) is 5.92 Å². The third-order valence-corrected chi connectivity index (χ3v) is 8.15. The molecule has 2 fully saturated rings. The lowest BCUT2D eigenvalue weighted by Crippen LogP contribution is -2.48. The van der Waals surface area contributed by atoms with Crippen molar-refractivity contribution < 1.29 is 23.0 Å². The molecule has 2 aromatic heterocycles. The van der Waals surface area contributed by atoms with Crippen molar-refractivity contribution in [2.45, 2.75) is 25.3 Å². The second-order valence-corrected chi connectivity index (χ2v) is 11.0. The first kappa shape index (κ1) is 28.4. The zero-order valence-corrected chi connectivity index (χ0v) is 23.9. The monoisotopic (exact) mass is 587 g/mol. The molecule has 1 N–H and O–H groups in total. The Kier molecular flexibility index (Phi) is 7.35. The molecule has 4 heterocycles. The minimum atomic E-state index is -2.81. The van der Waals surface area contributed by atoms with E-state index in [1.54, 1.807) is 29.1 Å². The maximum Gasteiger partial charge on any atom is 0.262 e.